The molecular formula is C20H22BN2O4. The predicted molar refractivity (Wildman–Crippen MR) is 105 cm³/mol. The van der Waals surface area contributed by atoms with Gasteiger partial charge in [0.2, 0.25) is 0 Å². The van der Waals surface area contributed by atoms with Gasteiger partial charge in [-0.1, -0.05) is 11.1 Å². The van der Waals surface area contributed by atoms with Crippen LogP contribution in [-0.2, 0) is 9.53 Å². The van der Waals surface area contributed by atoms with Gasteiger partial charge in [-0.25, -0.2) is 4.79 Å². The van der Waals surface area contributed by atoms with Crippen LogP contribution < -0.4 is 5.32 Å². The molecule has 0 spiro atoms. The van der Waals surface area contributed by atoms with E-state index in [4.69, 9.17) is 9.26 Å². The van der Waals surface area contributed by atoms with Crippen LogP contribution in [0.5, 0.6) is 0 Å². The number of hydrogen-bond acceptors (Lipinski definition) is 5. The molecule has 1 N–H and O–H groups in total. The number of ketones is 1. The second-order valence-electron chi connectivity index (χ2n) is 6.33. The first-order valence-corrected chi connectivity index (χ1v) is 8.71. The molecule has 1 heterocycles. The molecule has 1 amide bonds. The van der Waals surface area contributed by atoms with E-state index in [9.17, 15) is 9.59 Å². The van der Waals surface area contributed by atoms with E-state index in [0.29, 0.717) is 29.8 Å². The molecule has 2 aromatic rings. The number of aromatic nitrogens is 1. The van der Waals surface area contributed by atoms with E-state index in [2.05, 4.69) is 22.3 Å². The molecule has 0 aliphatic carbocycles. The number of hydrogen-bond donors (Lipinski definition) is 1. The lowest BCUT2D eigenvalue weighted by Crippen LogP contribution is -2.18. The van der Waals surface area contributed by atoms with E-state index in [1.165, 1.54) is 0 Å². The first-order valence-electron chi connectivity index (χ1n) is 8.71. The van der Waals surface area contributed by atoms with Crippen LogP contribution in [0, 0.1) is 18.8 Å². The van der Waals surface area contributed by atoms with Crippen molar-refractivity contribution in [2.24, 2.45) is 0 Å². The molecule has 1 aromatic heterocycles. The minimum atomic E-state index is -0.554. The maximum Gasteiger partial charge on any atom is 0.412 e. The molecule has 2 rings (SSSR count). The molecule has 1 radical (unpaired) electrons. The van der Waals surface area contributed by atoms with Crippen molar-refractivity contribution in [1.29, 1.82) is 0 Å². The van der Waals surface area contributed by atoms with E-state index in [1.807, 2.05) is 31.5 Å². The second kappa shape index (κ2) is 9.63. The van der Waals surface area contributed by atoms with E-state index in [0.717, 1.165) is 11.1 Å². The largest absolute Gasteiger partial charge is 0.447 e. The average Bonchev–Trinajstić information content (AvgIpc) is 2.95. The van der Waals surface area contributed by atoms with E-state index in [1.54, 1.807) is 27.7 Å². The normalized spacial score (nSPS) is 10.1. The Balaban J connectivity index is 2.08. The smallest absolute Gasteiger partial charge is 0.412 e. The Labute approximate surface area is 159 Å². The van der Waals surface area contributed by atoms with Gasteiger partial charge in [-0.3, -0.25) is 5.32 Å². The highest BCUT2D eigenvalue weighted by Gasteiger charge is 2.18. The Morgan fingerprint density at radius 2 is 2.00 bits per heavy atom. The molecule has 0 atom stereocenters. The van der Waals surface area contributed by atoms with E-state index in [-0.39, 0.29) is 11.9 Å². The molecule has 139 valence electrons. The lowest BCUT2D eigenvalue weighted by Gasteiger charge is -2.09. The Hall–Kier alpha value is -3.01. The Morgan fingerprint density at radius 1 is 1.30 bits per heavy atom. The predicted octanol–water partition coefficient (Wildman–Crippen LogP) is 4.09. The number of nitrogens with one attached hydrogen (secondary N) is 1. The minimum Gasteiger partial charge on any atom is -0.447 e. The summed E-state index contributed by atoms with van der Waals surface area (Å²) in [6.07, 6.45) is 0.225. The third kappa shape index (κ3) is 6.34. The summed E-state index contributed by atoms with van der Waals surface area (Å²) in [5, 5.41) is 6.61. The molecule has 0 saturated heterocycles. The molecule has 0 fully saturated rings. The van der Waals surface area contributed by atoms with E-state index >= 15 is 0 Å². The van der Waals surface area contributed by atoms with Gasteiger partial charge in [-0.05, 0) is 64.6 Å². The van der Waals surface area contributed by atoms with Crippen molar-refractivity contribution >= 4 is 24.8 Å². The number of ether oxygens (including phenoxy) is 1. The average molecular weight is 365 g/mol. The summed E-state index contributed by atoms with van der Waals surface area (Å²) in [7, 11) is 1.86. The molecule has 0 aliphatic rings. The molecule has 27 heavy (non-hydrogen) atoms. The Kier molecular flexibility index (Phi) is 7.24. The summed E-state index contributed by atoms with van der Waals surface area (Å²) < 4.78 is 10.5. The number of amides is 1. The summed E-state index contributed by atoms with van der Waals surface area (Å²) in [4.78, 5) is 22.7. The topological polar surface area (TPSA) is 81.4 Å². The van der Waals surface area contributed by atoms with Gasteiger partial charge in [0.15, 0.2) is 5.76 Å². The van der Waals surface area contributed by atoms with Gasteiger partial charge < -0.3 is 14.1 Å². The summed E-state index contributed by atoms with van der Waals surface area (Å²) in [6.45, 7) is 6.85. The standard InChI is InChI=1S/C20H22BN2O4/c1-13(2)26-20(25)22-18-15(4)23-27-19(18)17-9-7-16(8-10-17)6-5-11-21-12-14(3)24/h7-10,13H,11-12H2,1-4H3,(H,22,25). The fraction of sp³-hybridized carbons (Fsp3) is 0.350. The minimum absolute atomic E-state index is 0.130. The van der Waals surface area contributed by atoms with E-state index < -0.39 is 6.09 Å². The van der Waals surface area contributed by atoms with Crippen molar-refractivity contribution in [1.82, 2.24) is 5.16 Å². The van der Waals surface area contributed by atoms with Gasteiger partial charge in [0.1, 0.15) is 24.4 Å². The SMILES string of the molecule is CC(=O)C[B]CC#Cc1ccc(-c2onc(C)c2NC(=O)OC(C)C)cc1. The summed E-state index contributed by atoms with van der Waals surface area (Å²) in [5.41, 5.74) is 2.66. The first-order chi connectivity index (χ1) is 12.9. The molecule has 1 aromatic carbocycles. The monoisotopic (exact) mass is 365 g/mol. The fourth-order valence-corrected chi connectivity index (χ4v) is 2.27. The highest BCUT2D eigenvalue weighted by molar-refractivity contribution is 6.42. The summed E-state index contributed by atoms with van der Waals surface area (Å²) in [6, 6.07) is 7.42. The number of aryl methyl sites for hydroxylation is 1. The zero-order valence-electron chi connectivity index (χ0n) is 16.0. The number of anilines is 1. The van der Waals surface area contributed by atoms with Crippen LogP contribution in [0.3, 0.4) is 0 Å². The van der Waals surface area contributed by atoms with Gasteiger partial charge in [0.05, 0.1) is 6.10 Å². The van der Waals surface area contributed by atoms with Gasteiger partial charge in [-0.2, -0.15) is 0 Å². The molecule has 6 nitrogen and oxygen atoms in total. The Bertz CT molecular complexity index is 860. The van der Waals surface area contributed by atoms with Crippen molar-refractivity contribution < 1.29 is 18.8 Å². The van der Waals surface area contributed by atoms with Crippen LogP contribution in [0.25, 0.3) is 11.3 Å². The number of Topliss-reactive ketones (excluding diaryl/α,β-unsaturated/α-hetero) is 1. The van der Waals surface area contributed by atoms with Gasteiger partial charge >= 0.3 is 6.09 Å². The Morgan fingerprint density at radius 3 is 2.63 bits per heavy atom. The van der Waals surface area contributed by atoms with Crippen molar-refractivity contribution in [2.75, 3.05) is 5.32 Å². The second-order valence-corrected chi connectivity index (χ2v) is 6.33. The maximum absolute atomic E-state index is 11.9. The van der Waals surface area contributed by atoms with Crippen LogP contribution >= 0.6 is 0 Å². The van der Waals surface area contributed by atoms with Gasteiger partial charge in [0, 0.05) is 11.1 Å². The maximum atomic E-state index is 11.9. The molecule has 0 saturated carbocycles. The van der Waals surface area contributed by atoms with Crippen LogP contribution in [0.15, 0.2) is 28.8 Å². The lowest BCUT2D eigenvalue weighted by molar-refractivity contribution is -0.114. The molecule has 0 unspecified atom stereocenters. The third-order valence-electron chi connectivity index (χ3n) is 3.49. The molecule has 0 bridgehead atoms. The van der Waals surface area contributed by atoms with Crippen LogP contribution in [-0.4, -0.2) is 30.4 Å². The summed E-state index contributed by atoms with van der Waals surface area (Å²) in [5.74, 6) is 6.64. The number of carbonyl (C=O) groups is 2. The summed E-state index contributed by atoms with van der Waals surface area (Å²) >= 11 is 0. The van der Waals surface area contributed by atoms with Crippen molar-refractivity contribution in [3.05, 3.63) is 35.5 Å². The molecule has 0 aliphatic heterocycles. The van der Waals surface area contributed by atoms with Crippen LogP contribution in [0.4, 0.5) is 10.5 Å². The molecule has 7 heteroatoms. The highest BCUT2D eigenvalue weighted by atomic mass is 16.6. The van der Waals surface area contributed by atoms with Crippen molar-refractivity contribution in [3.63, 3.8) is 0 Å². The number of rotatable bonds is 6. The van der Waals surface area contributed by atoms with Gasteiger partial charge in [-0.15, -0.1) is 5.92 Å². The highest BCUT2D eigenvalue weighted by Crippen LogP contribution is 2.31. The fourth-order valence-electron chi connectivity index (χ4n) is 2.27. The number of carbonyl (C=O) groups excluding carboxylic acids is 2. The number of benzene rings is 1. The van der Waals surface area contributed by atoms with Crippen LogP contribution in [0.2, 0.25) is 12.6 Å². The lowest BCUT2D eigenvalue weighted by atomic mass is 9.70. The first kappa shape index (κ1) is 20.3. The number of nitrogens with zero attached hydrogens (tertiary/aromatic N) is 1. The van der Waals surface area contributed by atoms with Crippen molar-refractivity contribution in [2.45, 2.75) is 46.4 Å². The third-order valence-corrected chi connectivity index (χ3v) is 3.49. The zero-order valence-corrected chi connectivity index (χ0v) is 16.0. The molecular weight excluding hydrogens is 343 g/mol. The van der Waals surface area contributed by atoms with Crippen LogP contribution in [0.1, 0.15) is 32.0 Å². The zero-order chi connectivity index (χ0) is 19.8. The van der Waals surface area contributed by atoms with Crippen molar-refractivity contribution in [3.8, 4) is 23.2 Å². The van der Waals surface area contributed by atoms with Gasteiger partial charge in [0.25, 0.3) is 0 Å². The quantitative estimate of drug-likeness (QED) is 0.474.